The van der Waals surface area contributed by atoms with Crippen molar-refractivity contribution < 1.29 is 0 Å². The highest BCUT2D eigenvalue weighted by atomic mass is 28.2. The molecule has 0 bridgehead atoms. The summed E-state index contributed by atoms with van der Waals surface area (Å²) in [5.74, 6) is 0. The first-order valence-electron chi connectivity index (χ1n) is 6.82. The second kappa shape index (κ2) is 5.89. The van der Waals surface area contributed by atoms with E-state index < -0.39 is 0 Å². The molecule has 0 amide bonds. The predicted molar refractivity (Wildman–Crippen MR) is 88.1 cm³/mol. The van der Waals surface area contributed by atoms with Crippen LogP contribution in [0.2, 0.25) is 0 Å². The minimum absolute atomic E-state index is 0.697. The van der Waals surface area contributed by atoms with Gasteiger partial charge >= 0.3 is 0 Å². The molecule has 0 atom stereocenters. The zero-order chi connectivity index (χ0) is 13.8. The van der Waals surface area contributed by atoms with Crippen molar-refractivity contribution in [1.29, 1.82) is 0 Å². The van der Waals surface area contributed by atoms with Crippen LogP contribution < -0.4 is 10.4 Å². The molecule has 0 aliphatic carbocycles. The van der Waals surface area contributed by atoms with Crippen LogP contribution in [0.4, 0.5) is 0 Å². The fourth-order valence-corrected chi connectivity index (χ4v) is 3.75. The monoisotopic (exact) mass is 272 g/mol. The first-order valence-corrected chi connectivity index (χ1v) is 7.82. The highest BCUT2D eigenvalue weighted by Crippen LogP contribution is 2.20. The van der Waals surface area contributed by atoms with Crippen LogP contribution in [-0.2, 0) is 0 Å². The number of rotatable bonds is 3. The van der Waals surface area contributed by atoms with Crippen LogP contribution in [0.3, 0.4) is 0 Å². The van der Waals surface area contributed by atoms with E-state index in [-0.39, 0.29) is 0 Å². The van der Waals surface area contributed by atoms with Gasteiger partial charge in [-0.25, -0.2) is 0 Å². The van der Waals surface area contributed by atoms with Gasteiger partial charge in [-0.1, -0.05) is 89.2 Å². The van der Waals surface area contributed by atoms with E-state index in [9.17, 15) is 0 Å². The van der Waals surface area contributed by atoms with Gasteiger partial charge in [-0.15, -0.1) is 0 Å². The maximum atomic E-state index is 2.25. The summed E-state index contributed by atoms with van der Waals surface area (Å²) in [6, 6.07) is 28.0. The van der Waals surface area contributed by atoms with Gasteiger partial charge in [-0.05, 0) is 23.6 Å². The number of hydrogen-bond acceptors (Lipinski definition) is 0. The summed E-state index contributed by atoms with van der Waals surface area (Å²) in [4.78, 5) is 0. The SMILES string of the molecule is Cc1cccc([Si]c2ccccc2)c1-c1ccccc1. The zero-order valence-electron chi connectivity index (χ0n) is 11.5. The minimum atomic E-state index is 0.697. The molecule has 0 saturated carbocycles. The molecule has 0 fully saturated rings. The Morgan fingerprint density at radius 2 is 1.30 bits per heavy atom. The maximum Gasteiger partial charge on any atom is 0.122 e. The molecular weight excluding hydrogens is 256 g/mol. The Bertz CT molecular complexity index is 687. The van der Waals surface area contributed by atoms with Crippen molar-refractivity contribution in [3.63, 3.8) is 0 Å². The van der Waals surface area contributed by atoms with Gasteiger partial charge in [-0.2, -0.15) is 0 Å². The first-order chi connectivity index (χ1) is 9.84. The summed E-state index contributed by atoms with van der Waals surface area (Å²) < 4.78 is 0. The standard InChI is InChI=1S/C19H16Si/c1-15-9-8-14-18(20-17-12-6-3-7-13-17)19(15)16-10-4-2-5-11-16/h2-14H,1H3. The van der Waals surface area contributed by atoms with Gasteiger partial charge in [0, 0.05) is 0 Å². The van der Waals surface area contributed by atoms with E-state index in [1.165, 1.54) is 27.1 Å². The molecule has 0 unspecified atom stereocenters. The topological polar surface area (TPSA) is 0 Å². The van der Waals surface area contributed by atoms with E-state index in [2.05, 4.69) is 85.8 Å². The summed E-state index contributed by atoms with van der Waals surface area (Å²) in [7, 11) is 0.697. The van der Waals surface area contributed by atoms with Gasteiger partial charge in [-0.3, -0.25) is 0 Å². The van der Waals surface area contributed by atoms with E-state index in [1.54, 1.807) is 0 Å². The molecule has 0 aliphatic rings. The zero-order valence-corrected chi connectivity index (χ0v) is 12.5. The van der Waals surface area contributed by atoms with E-state index in [0.29, 0.717) is 9.52 Å². The van der Waals surface area contributed by atoms with Gasteiger partial charge in [0.1, 0.15) is 9.52 Å². The molecule has 3 aromatic carbocycles. The molecule has 0 nitrogen and oxygen atoms in total. The Morgan fingerprint density at radius 1 is 0.650 bits per heavy atom. The van der Waals surface area contributed by atoms with Crippen molar-refractivity contribution in [1.82, 2.24) is 0 Å². The van der Waals surface area contributed by atoms with Gasteiger partial charge in [0.2, 0.25) is 0 Å². The largest absolute Gasteiger partial charge is 0.122 e. The lowest BCUT2D eigenvalue weighted by molar-refractivity contribution is 1.48. The van der Waals surface area contributed by atoms with Crippen molar-refractivity contribution >= 4 is 19.9 Å². The Morgan fingerprint density at radius 3 is 2.00 bits per heavy atom. The normalized spacial score (nSPS) is 10.4. The van der Waals surface area contributed by atoms with Gasteiger partial charge < -0.3 is 0 Å². The molecule has 20 heavy (non-hydrogen) atoms. The third-order valence-electron chi connectivity index (χ3n) is 3.39. The second-order valence-electron chi connectivity index (χ2n) is 4.85. The Hall–Kier alpha value is -2.12. The van der Waals surface area contributed by atoms with Crippen molar-refractivity contribution in [2.24, 2.45) is 0 Å². The van der Waals surface area contributed by atoms with Crippen LogP contribution in [0, 0.1) is 6.92 Å². The lowest BCUT2D eigenvalue weighted by Gasteiger charge is -2.12. The van der Waals surface area contributed by atoms with E-state index in [1.807, 2.05) is 0 Å². The van der Waals surface area contributed by atoms with Crippen LogP contribution in [0.15, 0.2) is 78.9 Å². The van der Waals surface area contributed by atoms with Gasteiger partial charge in [0.25, 0.3) is 0 Å². The molecule has 2 radical (unpaired) electrons. The Balaban J connectivity index is 2.06. The summed E-state index contributed by atoms with van der Waals surface area (Å²) in [5, 5.41) is 2.80. The Kier molecular flexibility index (Phi) is 3.80. The van der Waals surface area contributed by atoms with E-state index in [0.717, 1.165) is 0 Å². The molecule has 0 aromatic heterocycles. The lowest BCUT2D eigenvalue weighted by Crippen LogP contribution is -2.28. The van der Waals surface area contributed by atoms with Crippen molar-refractivity contribution in [2.75, 3.05) is 0 Å². The third kappa shape index (κ3) is 2.73. The van der Waals surface area contributed by atoms with Crippen LogP contribution in [0.25, 0.3) is 11.1 Å². The summed E-state index contributed by atoms with van der Waals surface area (Å²) >= 11 is 0. The number of benzene rings is 3. The van der Waals surface area contributed by atoms with Crippen LogP contribution in [0.5, 0.6) is 0 Å². The molecule has 0 spiro atoms. The molecule has 3 rings (SSSR count). The van der Waals surface area contributed by atoms with Crippen molar-refractivity contribution in [2.45, 2.75) is 6.92 Å². The fraction of sp³-hybridized carbons (Fsp3) is 0.0526. The van der Waals surface area contributed by atoms with Crippen LogP contribution in [-0.4, -0.2) is 9.52 Å². The second-order valence-corrected chi connectivity index (χ2v) is 6.22. The van der Waals surface area contributed by atoms with E-state index in [4.69, 9.17) is 0 Å². The Labute approximate surface area is 122 Å². The number of aryl methyl sites for hydroxylation is 1. The molecule has 96 valence electrons. The molecule has 1 heteroatoms. The third-order valence-corrected chi connectivity index (χ3v) is 4.70. The molecule has 0 aliphatic heterocycles. The summed E-state index contributed by atoms with van der Waals surface area (Å²) in [6.07, 6.45) is 0. The first kappa shape index (κ1) is 12.9. The predicted octanol–water partition coefficient (Wildman–Crippen LogP) is 3.32. The smallest absolute Gasteiger partial charge is 0.0631 e. The van der Waals surface area contributed by atoms with Crippen molar-refractivity contribution in [3.8, 4) is 11.1 Å². The average molecular weight is 272 g/mol. The molecule has 0 N–H and O–H groups in total. The van der Waals surface area contributed by atoms with E-state index >= 15 is 0 Å². The molecule has 3 aromatic rings. The van der Waals surface area contributed by atoms with Crippen molar-refractivity contribution in [3.05, 3.63) is 84.4 Å². The van der Waals surface area contributed by atoms with Gasteiger partial charge in [0.15, 0.2) is 0 Å². The highest BCUT2D eigenvalue weighted by molar-refractivity contribution is 6.68. The number of hydrogen-bond donors (Lipinski definition) is 0. The lowest BCUT2D eigenvalue weighted by atomic mass is 10.0. The maximum absolute atomic E-state index is 2.25. The van der Waals surface area contributed by atoms with Crippen LogP contribution >= 0.6 is 0 Å². The quantitative estimate of drug-likeness (QED) is 0.642. The summed E-state index contributed by atoms with van der Waals surface area (Å²) in [6.45, 7) is 2.20. The highest BCUT2D eigenvalue weighted by Gasteiger charge is 2.09. The molecular formula is C19H16Si. The van der Waals surface area contributed by atoms with Gasteiger partial charge in [0.05, 0.1) is 0 Å². The summed E-state index contributed by atoms with van der Waals surface area (Å²) in [5.41, 5.74) is 4.04. The molecule has 0 heterocycles. The fourth-order valence-electron chi connectivity index (χ4n) is 2.44. The van der Waals surface area contributed by atoms with Crippen LogP contribution in [0.1, 0.15) is 5.56 Å². The molecule has 0 saturated heterocycles. The minimum Gasteiger partial charge on any atom is -0.0631 e. The average Bonchev–Trinajstić information content (AvgIpc) is 2.49.